The number of ether oxygens (including phenoxy) is 3. The van der Waals surface area contributed by atoms with Gasteiger partial charge in [0.05, 0.1) is 8.48 Å². The van der Waals surface area contributed by atoms with Gasteiger partial charge in [-0.25, -0.2) is 0 Å². The maximum Gasteiger partial charge on any atom is 0.305 e. The van der Waals surface area contributed by atoms with Gasteiger partial charge < -0.3 is 14.2 Å². The molecule has 4 rings (SSSR count). The fourth-order valence-corrected chi connectivity index (χ4v) is 8.37. The zero-order valence-corrected chi connectivity index (χ0v) is 21.4. The molecular formula is C28H44O6. The van der Waals surface area contributed by atoms with E-state index < -0.39 is 48.2 Å². The maximum absolute atomic E-state index is 12.3. The SMILES string of the molecule is [2H]C1([2H])C[C@@]2(C)[C@H](C[C@@H](OC(C)=O)[C@@H]3[C@@H]2CC[C@]2(C)[C@@H]([C@H](C)CC(=O)OC)CC[C@@H]32)C([2H])([2H])[C@@]1([2H])OC(C)=O. The van der Waals surface area contributed by atoms with Crippen molar-refractivity contribution in [3.8, 4) is 0 Å². The highest BCUT2D eigenvalue weighted by molar-refractivity contribution is 5.69. The highest BCUT2D eigenvalue weighted by atomic mass is 16.5. The molecule has 0 heterocycles. The van der Waals surface area contributed by atoms with Crippen molar-refractivity contribution >= 4 is 17.9 Å². The summed E-state index contributed by atoms with van der Waals surface area (Å²) in [6, 6.07) is 0. The second kappa shape index (κ2) is 9.46. The fraction of sp³-hybridized carbons (Fsp3) is 0.893. The molecule has 0 aromatic heterocycles. The van der Waals surface area contributed by atoms with Crippen LogP contribution in [0.3, 0.4) is 0 Å². The summed E-state index contributed by atoms with van der Waals surface area (Å²) in [4.78, 5) is 36.3. The molecule has 4 fully saturated rings. The quantitative estimate of drug-likeness (QED) is 0.391. The van der Waals surface area contributed by atoms with Gasteiger partial charge in [0.15, 0.2) is 0 Å². The van der Waals surface area contributed by atoms with Gasteiger partial charge in [0.25, 0.3) is 0 Å². The van der Waals surface area contributed by atoms with Gasteiger partial charge >= 0.3 is 17.9 Å². The van der Waals surface area contributed by atoms with Crippen molar-refractivity contribution in [2.24, 2.45) is 46.3 Å². The Hall–Kier alpha value is -1.59. The van der Waals surface area contributed by atoms with E-state index in [1.54, 1.807) is 0 Å². The van der Waals surface area contributed by atoms with Crippen LogP contribution in [0.15, 0.2) is 0 Å². The minimum atomic E-state index is -2.73. The lowest BCUT2D eigenvalue weighted by Crippen LogP contribution is -2.59. The number of carbonyl (C=O) groups excluding carboxylic acids is 3. The van der Waals surface area contributed by atoms with Crippen LogP contribution in [0, 0.1) is 46.3 Å². The summed E-state index contributed by atoms with van der Waals surface area (Å²) >= 11 is 0. The zero-order chi connectivity index (χ0) is 29.3. The topological polar surface area (TPSA) is 78.9 Å². The third-order valence-electron chi connectivity index (χ3n) is 9.85. The van der Waals surface area contributed by atoms with Crippen molar-refractivity contribution in [3.05, 3.63) is 0 Å². The van der Waals surface area contributed by atoms with E-state index >= 15 is 0 Å². The van der Waals surface area contributed by atoms with E-state index in [1.807, 2.05) is 6.92 Å². The van der Waals surface area contributed by atoms with Crippen LogP contribution in [0.5, 0.6) is 0 Å². The standard InChI is InChI=1S/C28H44O6/c1-16(13-25(31)32-6)21-7-8-22-26-23(10-12-28(21,22)5)27(4)11-9-20(33-17(2)29)14-19(27)15-24(26)34-18(3)30/h16,19-24,26H,7-15H2,1-6H3/t16-,19+,20+,21-,22+,23+,24-,26+,27+,28-/m1/s1/i9D2,14D2,20D. The minimum absolute atomic E-state index is 0.0946. The Morgan fingerprint density at radius 2 is 1.71 bits per heavy atom. The summed E-state index contributed by atoms with van der Waals surface area (Å²) in [5.74, 6) is -2.11. The van der Waals surface area contributed by atoms with Gasteiger partial charge in [-0.3, -0.25) is 14.4 Å². The number of hydrogen-bond acceptors (Lipinski definition) is 6. The van der Waals surface area contributed by atoms with Crippen molar-refractivity contribution in [2.75, 3.05) is 7.11 Å². The average Bonchev–Trinajstić information content (AvgIpc) is 3.15. The lowest BCUT2D eigenvalue weighted by Gasteiger charge is -2.62. The fourth-order valence-electron chi connectivity index (χ4n) is 8.37. The van der Waals surface area contributed by atoms with Crippen LogP contribution in [0.2, 0.25) is 0 Å². The molecule has 4 saturated carbocycles. The second-order valence-electron chi connectivity index (χ2n) is 11.6. The summed E-state index contributed by atoms with van der Waals surface area (Å²) < 4.78 is 60.7. The molecule has 4 aliphatic rings. The summed E-state index contributed by atoms with van der Waals surface area (Å²) in [7, 11) is 1.40. The van der Waals surface area contributed by atoms with Gasteiger partial charge in [-0.15, -0.1) is 0 Å². The van der Waals surface area contributed by atoms with E-state index in [0.29, 0.717) is 12.8 Å². The average molecular weight is 482 g/mol. The summed E-state index contributed by atoms with van der Waals surface area (Å²) in [6.07, 6.45) is -4.56. The molecule has 6 heteroatoms. The Morgan fingerprint density at radius 1 is 1.03 bits per heavy atom. The first-order valence-corrected chi connectivity index (χ1v) is 12.8. The van der Waals surface area contributed by atoms with E-state index in [9.17, 15) is 14.4 Å². The van der Waals surface area contributed by atoms with E-state index in [0.717, 1.165) is 26.2 Å². The van der Waals surface area contributed by atoms with Crippen LogP contribution in [-0.4, -0.2) is 37.2 Å². The Balaban J connectivity index is 1.76. The highest BCUT2D eigenvalue weighted by Crippen LogP contribution is 2.68. The Morgan fingerprint density at radius 3 is 2.35 bits per heavy atom. The third-order valence-corrected chi connectivity index (χ3v) is 9.85. The molecule has 0 radical (unpaired) electrons. The number of hydrogen-bond donors (Lipinski definition) is 0. The number of methoxy groups -OCH3 is 1. The molecule has 6 nitrogen and oxygen atoms in total. The predicted molar refractivity (Wildman–Crippen MR) is 128 cm³/mol. The van der Waals surface area contributed by atoms with Crippen LogP contribution in [0.25, 0.3) is 0 Å². The molecule has 0 aromatic carbocycles. The monoisotopic (exact) mass is 481 g/mol. The van der Waals surface area contributed by atoms with Gasteiger partial charge in [0, 0.05) is 31.7 Å². The van der Waals surface area contributed by atoms with Gasteiger partial charge in [0.2, 0.25) is 0 Å². The largest absolute Gasteiger partial charge is 0.469 e. The molecule has 10 atom stereocenters. The Labute approximate surface area is 211 Å². The van der Waals surface area contributed by atoms with Gasteiger partial charge in [-0.1, -0.05) is 20.8 Å². The number of rotatable bonds is 5. The van der Waals surface area contributed by atoms with E-state index in [4.69, 9.17) is 21.1 Å². The molecule has 0 spiro atoms. The second-order valence-corrected chi connectivity index (χ2v) is 11.6. The molecule has 0 unspecified atom stereocenters. The van der Waals surface area contributed by atoms with Crippen molar-refractivity contribution in [1.82, 2.24) is 0 Å². The predicted octanol–water partition coefficient (Wildman–Crippen LogP) is 5.32. The van der Waals surface area contributed by atoms with E-state index in [2.05, 4.69) is 13.8 Å². The first-order chi connectivity index (χ1) is 17.9. The van der Waals surface area contributed by atoms with Crippen LogP contribution in [-0.2, 0) is 28.6 Å². The zero-order valence-electron chi connectivity index (χ0n) is 26.4. The molecular weight excluding hydrogens is 432 g/mol. The first kappa shape index (κ1) is 19.6. The van der Waals surface area contributed by atoms with Crippen LogP contribution < -0.4 is 0 Å². The molecule has 192 valence electrons. The summed E-state index contributed by atoms with van der Waals surface area (Å²) in [5, 5.41) is 0. The number of carbonyl (C=O) groups is 3. The third kappa shape index (κ3) is 4.39. The molecule has 0 amide bonds. The van der Waals surface area contributed by atoms with E-state index in [1.165, 1.54) is 14.0 Å². The highest BCUT2D eigenvalue weighted by Gasteiger charge is 2.64. The number of fused-ring (bicyclic) bond motifs is 5. The molecule has 0 aliphatic heterocycles. The summed E-state index contributed by atoms with van der Waals surface area (Å²) in [6.45, 7) is 8.71. The van der Waals surface area contributed by atoms with Crippen LogP contribution in [0.1, 0.15) is 99.2 Å². The number of esters is 3. The van der Waals surface area contributed by atoms with Crippen LogP contribution >= 0.6 is 0 Å². The smallest absolute Gasteiger partial charge is 0.305 e. The minimum Gasteiger partial charge on any atom is -0.469 e. The molecule has 0 bridgehead atoms. The van der Waals surface area contributed by atoms with E-state index in [-0.39, 0.29) is 53.8 Å². The van der Waals surface area contributed by atoms with Crippen molar-refractivity contribution < 1.29 is 35.4 Å². The van der Waals surface area contributed by atoms with Crippen molar-refractivity contribution in [1.29, 1.82) is 0 Å². The molecule has 34 heavy (non-hydrogen) atoms. The molecule has 4 aliphatic carbocycles. The van der Waals surface area contributed by atoms with Gasteiger partial charge in [-0.05, 0) is 91.7 Å². The Bertz CT molecular complexity index is 1020. The van der Waals surface area contributed by atoms with Crippen molar-refractivity contribution in [2.45, 2.75) is 104 Å². The maximum atomic E-state index is 12.3. The van der Waals surface area contributed by atoms with Crippen molar-refractivity contribution in [3.63, 3.8) is 0 Å². The molecule has 0 aromatic rings. The summed E-state index contributed by atoms with van der Waals surface area (Å²) in [5.41, 5.74) is -0.949. The first-order valence-electron chi connectivity index (χ1n) is 15.3. The Kier molecular flexibility index (Phi) is 5.45. The lowest BCUT2D eigenvalue weighted by molar-refractivity contribution is -0.197. The normalized spacial score (nSPS) is 51.4. The molecule has 0 N–H and O–H groups in total. The van der Waals surface area contributed by atoms with Gasteiger partial charge in [0.1, 0.15) is 12.2 Å². The van der Waals surface area contributed by atoms with Gasteiger partial charge in [-0.2, -0.15) is 0 Å². The lowest BCUT2D eigenvalue weighted by atomic mass is 9.43. The van der Waals surface area contributed by atoms with Crippen LogP contribution in [0.4, 0.5) is 0 Å². The molecule has 0 saturated heterocycles.